The van der Waals surface area contributed by atoms with Crippen LogP contribution in [0.1, 0.15) is 52.4 Å². The Hall–Kier alpha value is -0.580. The van der Waals surface area contributed by atoms with Gasteiger partial charge in [0.15, 0.2) is 0 Å². The molecule has 0 saturated carbocycles. The van der Waals surface area contributed by atoms with E-state index in [0.29, 0.717) is 0 Å². The van der Waals surface area contributed by atoms with Gasteiger partial charge in [-0.3, -0.25) is 4.68 Å². The summed E-state index contributed by atoms with van der Waals surface area (Å²) in [5.74, 6) is 0. The largest absolute Gasteiger partial charge is 0.377 e. The molecule has 1 aromatic heterocycles. The van der Waals surface area contributed by atoms with Crippen LogP contribution in [0.2, 0.25) is 5.02 Å². The normalized spacial score (nSPS) is 16.0. The van der Waals surface area contributed by atoms with Crippen LogP contribution in [0.15, 0.2) is 0 Å². The Morgan fingerprint density at radius 2 is 2.00 bits per heavy atom. The first-order valence-electron chi connectivity index (χ1n) is 7.99. The fourth-order valence-electron chi connectivity index (χ4n) is 2.69. The van der Waals surface area contributed by atoms with Crippen molar-refractivity contribution in [2.45, 2.75) is 72.1 Å². The highest BCUT2D eigenvalue weighted by Crippen LogP contribution is 2.27. The Morgan fingerprint density at radius 3 is 2.43 bits per heavy atom. The molecular weight excluding hydrogens is 286 g/mol. The standard InChI is InChI=1S/C16H30ClN3O/c1-7-12-15(17)13(20(10-4)19-12)11-14(18-9-3)16(5,8-2)21-6/h14,18H,7-11H2,1-6H3. The van der Waals surface area contributed by atoms with Crippen LogP contribution in [0.3, 0.4) is 0 Å². The molecule has 0 saturated heterocycles. The van der Waals surface area contributed by atoms with Gasteiger partial charge in [0.05, 0.1) is 22.0 Å². The summed E-state index contributed by atoms with van der Waals surface area (Å²) in [6, 6.07) is 0.210. The molecule has 0 bridgehead atoms. The van der Waals surface area contributed by atoms with Gasteiger partial charge in [-0.1, -0.05) is 32.4 Å². The summed E-state index contributed by atoms with van der Waals surface area (Å²) in [5, 5.41) is 8.98. The van der Waals surface area contributed by atoms with Gasteiger partial charge in [0, 0.05) is 26.1 Å². The van der Waals surface area contributed by atoms with E-state index < -0.39 is 0 Å². The minimum atomic E-state index is -0.214. The number of aryl methyl sites for hydroxylation is 2. The van der Waals surface area contributed by atoms with Crippen LogP contribution in [-0.4, -0.2) is 35.1 Å². The van der Waals surface area contributed by atoms with E-state index in [1.165, 1.54) is 0 Å². The summed E-state index contributed by atoms with van der Waals surface area (Å²) >= 11 is 6.54. The number of nitrogens with zero attached hydrogens (tertiary/aromatic N) is 2. The van der Waals surface area contributed by atoms with Crippen molar-refractivity contribution >= 4 is 11.6 Å². The Bertz CT molecular complexity index is 441. The van der Waals surface area contributed by atoms with E-state index in [1.54, 1.807) is 7.11 Å². The van der Waals surface area contributed by atoms with E-state index in [1.807, 2.05) is 4.68 Å². The lowest BCUT2D eigenvalue weighted by Gasteiger charge is -2.36. The fourth-order valence-corrected chi connectivity index (χ4v) is 3.04. The summed E-state index contributed by atoms with van der Waals surface area (Å²) in [5.41, 5.74) is 1.88. The monoisotopic (exact) mass is 315 g/mol. The Balaban J connectivity index is 3.12. The van der Waals surface area contributed by atoms with Gasteiger partial charge in [-0.25, -0.2) is 0 Å². The first-order chi connectivity index (χ1) is 9.97. The zero-order valence-corrected chi connectivity index (χ0v) is 15.0. The maximum absolute atomic E-state index is 6.54. The molecule has 5 heteroatoms. The van der Waals surface area contributed by atoms with E-state index >= 15 is 0 Å². The van der Waals surface area contributed by atoms with Gasteiger partial charge in [-0.05, 0) is 33.2 Å². The highest BCUT2D eigenvalue weighted by molar-refractivity contribution is 6.31. The minimum Gasteiger partial charge on any atom is -0.377 e. The number of likely N-dealkylation sites (N-methyl/N-ethyl adjacent to an activating group) is 1. The molecule has 1 heterocycles. The van der Waals surface area contributed by atoms with Crippen molar-refractivity contribution in [1.82, 2.24) is 15.1 Å². The molecule has 0 aliphatic carbocycles. The molecule has 0 aliphatic rings. The summed E-state index contributed by atoms with van der Waals surface area (Å²) in [4.78, 5) is 0. The maximum atomic E-state index is 6.54. The molecule has 1 aromatic rings. The van der Waals surface area contributed by atoms with Crippen LogP contribution < -0.4 is 5.32 Å². The Labute approximate surface area is 134 Å². The molecule has 0 radical (unpaired) electrons. The van der Waals surface area contributed by atoms with Gasteiger partial charge in [0.1, 0.15) is 0 Å². The van der Waals surface area contributed by atoms with Gasteiger partial charge in [0.25, 0.3) is 0 Å². The van der Waals surface area contributed by atoms with E-state index in [9.17, 15) is 0 Å². The highest BCUT2D eigenvalue weighted by atomic mass is 35.5. The van der Waals surface area contributed by atoms with Crippen molar-refractivity contribution in [3.05, 3.63) is 16.4 Å². The first-order valence-corrected chi connectivity index (χ1v) is 8.37. The maximum Gasteiger partial charge on any atom is 0.0850 e. The predicted molar refractivity (Wildman–Crippen MR) is 89.2 cm³/mol. The van der Waals surface area contributed by atoms with E-state index in [4.69, 9.17) is 16.3 Å². The summed E-state index contributed by atoms with van der Waals surface area (Å²) in [6.07, 6.45) is 2.63. The molecule has 0 spiro atoms. The van der Waals surface area contributed by atoms with E-state index in [2.05, 4.69) is 45.0 Å². The number of ether oxygens (including phenoxy) is 1. The number of methoxy groups -OCH3 is 1. The van der Waals surface area contributed by atoms with E-state index in [-0.39, 0.29) is 11.6 Å². The van der Waals surface area contributed by atoms with Crippen LogP contribution in [0, 0.1) is 0 Å². The average Bonchev–Trinajstić information content (AvgIpc) is 2.81. The van der Waals surface area contributed by atoms with Crippen LogP contribution in [0.4, 0.5) is 0 Å². The zero-order chi connectivity index (χ0) is 16.0. The summed E-state index contributed by atoms with van der Waals surface area (Å²) in [6.45, 7) is 12.4. The number of halogens is 1. The molecule has 2 atom stereocenters. The van der Waals surface area contributed by atoms with Crippen molar-refractivity contribution < 1.29 is 4.74 Å². The minimum absolute atomic E-state index is 0.210. The lowest BCUT2D eigenvalue weighted by molar-refractivity contribution is -0.0288. The first kappa shape index (κ1) is 18.5. The smallest absolute Gasteiger partial charge is 0.0850 e. The third-order valence-electron chi connectivity index (χ3n) is 4.45. The molecule has 0 fully saturated rings. The second-order valence-electron chi connectivity index (χ2n) is 5.56. The number of rotatable bonds is 9. The van der Waals surface area contributed by atoms with Gasteiger partial charge in [-0.2, -0.15) is 5.10 Å². The third kappa shape index (κ3) is 3.99. The molecule has 0 aromatic carbocycles. The summed E-state index contributed by atoms with van der Waals surface area (Å²) < 4.78 is 7.81. The lowest BCUT2D eigenvalue weighted by atomic mass is 9.89. The average molecular weight is 316 g/mol. The lowest BCUT2D eigenvalue weighted by Crippen LogP contribution is -2.51. The molecule has 0 amide bonds. The van der Waals surface area contributed by atoms with Crippen molar-refractivity contribution in [3.63, 3.8) is 0 Å². The van der Waals surface area contributed by atoms with Crippen molar-refractivity contribution in [2.75, 3.05) is 13.7 Å². The van der Waals surface area contributed by atoms with Crippen LogP contribution in [-0.2, 0) is 24.1 Å². The second kappa shape index (κ2) is 8.16. The molecule has 2 unspecified atom stereocenters. The van der Waals surface area contributed by atoms with Crippen LogP contribution in [0.5, 0.6) is 0 Å². The van der Waals surface area contributed by atoms with Crippen molar-refractivity contribution in [2.24, 2.45) is 0 Å². The molecule has 1 N–H and O–H groups in total. The molecule has 1 rings (SSSR count). The van der Waals surface area contributed by atoms with Crippen LogP contribution >= 0.6 is 11.6 Å². The number of nitrogens with one attached hydrogen (secondary N) is 1. The number of aromatic nitrogens is 2. The van der Waals surface area contributed by atoms with Gasteiger partial charge >= 0.3 is 0 Å². The molecule has 0 aliphatic heterocycles. The molecule has 4 nitrogen and oxygen atoms in total. The number of hydrogen-bond donors (Lipinski definition) is 1. The predicted octanol–water partition coefficient (Wildman–Crippen LogP) is 3.45. The highest BCUT2D eigenvalue weighted by Gasteiger charge is 2.33. The molecule has 21 heavy (non-hydrogen) atoms. The fraction of sp³-hybridized carbons (Fsp3) is 0.812. The van der Waals surface area contributed by atoms with Gasteiger partial charge < -0.3 is 10.1 Å². The molecule has 122 valence electrons. The van der Waals surface area contributed by atoms with Crippen molar-refractivity contribution in [1.29, 1.82) is 0 Å². The summed E-state index contributed by atoms with van der Waals surface area (Å²) in [7, 11) is 1.78. The Morgan fingerprint density at radius 1 is 1.33 bits per heavy atom. The third-order valence-corrected chi connectivity index (χ3v) is 4.88. The molecular formula is C16H30ClN3O. The van der Waals surface area contributed by atoms with Gasteiger partial charge in [0.2, 0.25) is 0 Å². The van der Waals surface area contributed by atoms with E-state index in [0.717, 1.165) is 48.8 Å². The Kier molecular flexibility index (Phi) is 7.17. The SMILES string of the molecule is CCNC(Cc1c(Cl)c(CC)nn1CC)C(C)(CC)OC. The van der Waals surface area contributed by atoms with Crippen LogP contribution in [0.25, 0.3) is 0 Å². The van der Waals surface area contributed by atoms with Gasteiger partial charge in [-0.15, -0.1) is 0 Å². The quantitative estimate of drug-likeness (QED) is 0.758. The second-order valence-corrected chi connectivity index (χ2v) is 5.94. The number of hydrogen-bond acceptors (Lipinski definition) is 3. The topological polar surface area (TPSA) is 39.1 Å². The van der Waals surface area contributed by atoms with Crippen molar-refractivity contribution in [3.8, 4) is 0 Å². The zero-order valence-electron chi connectivity index (χ0n) is 14.3.